The van der Waals surface area contributed by atoms with E-state index in [4.69, 9.17) is 4.42 Å². The second kappa shape index (κ2) is 8.18. The van der Waals surface area contributed by atoms with Gasteiger partial charge in [0.15, 0.2) is 5.76 Å². The van der Waals surface area contributed by atoms with Crippen LogP contribution in [-0.4, -0.2) is 35.7 Å². The molecule has 0 saturated carbocycles. The average molecular weight is 420 g/mol. The lowest BCUT2D eigenvalue weighted by Gasteiger charge is -2.31. The summed E-state index contributed by atoms with van der Waals surface area (Å²) in [6.45, 7) is 0.864. The lowest BCUT2D eigenvalue weighted by Crippen LogP contribution is -2.50. The molecule has 136 valence electrons. The third kappa shape index (κ3) is 4.13. The first kappa shape index (κ1) is 18.2. The second-order valence-electron chi connectivity index (χ2n) is 5.99. The van der Waals surface area contributed by atoms with Gasteiger partial charge in [0.05, 0.1) is 17.7 Å². The molecule has 0 bridgehead atoms. The summed E-state index contributed by atoms with van der Waals surface area (Å²) in [5.41, 5.74) is 5.29. The maximum Gasteiger partial charge on any atom is 0.289 e. The minimum absolute atomic E-state index is 0.232. The van der Waals surface area contributed by atoms with Crippen molar-refractivity contribution in [2.75, 3.05) is 13.1 Å². The monoisotopic (exact) mass is 419 g/mol. The average Bonchev–Trinajstić information content (AvgIpc) is 3.20. The van der Waals surface area contributed by atoms with Gasteiger partial charge in [-0.1, -0.05) is 12.1 Å². The standard InChI is InChI=1S/C18H18BrN3O4/c19-14-7-2-1-6-13(14)17(24)21-20-16(23)12-5-3-9-22(11-12)18(25)15-8-4-10-26-15/h1-2,4,6-8,10,12H,3,5,9,11H2,(H,20,23)(H,21,24). The van der Waals surface area contributed by atoms with Crippen LogP contribution in [0, 0.1) is 5.92 Å². The van der Waals surface area contributed by atoms with E-state index in [1.165, 1.54) is 6.26 Å². The summed E-state index contributed by atoms with van der Waals surface area (Å²) in [6.07, 6.45) is 2.81. The molecule has 1 saturated heterocycles. The molecule has 7 nitrogen and oxygen atoms in total. The first-order valence-corrected chi connectivity index (χ1v) is 9.03. The summed E-state index contributed by atoms with van der Waals surface area (Å²) < 4.78 is 5.77. The molecule has 0 spiro atoms. The van der Waals surface area contributed by atoms with Crippen molar-refractivity contribution in [3.63, 3.8) is 0 Å². The highest BCUT2D eigenvalue weighted by Crippen LogP contribution is 2.19. The van der Waals surface area contributed by atoms with E-state index in [9.17, 15) is 14.4 Å². The maximum absolute atomic E-state index is 12.4. The SMILES string of the molecule is O=C(NNC(=O)C1CCCN(C(=O)c2ccco2)C1)c1ccccc1Br. The number of carbonyl (C=O) groups is 3. The summed E-state index contributed by atoms with van der Waals surface area (Å²) in [5, 5.41) is 0. The van der Waals surface area contributed by atoms with Crippen molar-refractivity contribution in [2.24, 2.45) is 5.92 Å². The number of carbonyl (C=O) groups excluding carboxylic acids is 3. The molecule has 1 aromatic heterocycles. The van der Waals surface area contributed by atoms with Gasteiger partial charge in [0.1, 0.15) is 0 Å². The van der Waals surface area contributed by atoms with Gasteiger partial charge >= 0.3 is 0 Å². The third-order valence-electron chi connectivity index (χ3n) is 4.23. The van der Waals surface area contributed by atoms with E-state index in [2.05, 4.69) is 26.8 Å². The van der Waals surface area contributed by atoms with Crippen LogP contribution < -0.4 is 10.9 Å². The van der Waals surface area contributed by atoms with Gasteiger partial charge in [-0.05, 0) is 53.0 Å². The Hall–Kier alpha value is -2.61. The Kier molecular flexibility index (Phi) is 5.72. The van der Waals surface area contributed by atoms with E-state index in [0.29, 0.717) is 29.4 Å². The number of hydrogen-bond donors (Lipinski definition) is 2. The smallest absolute Gasteiger partial charge is 0.289 e. The quantitative estimate of drug-likeness (QED) is 0.746. The first-order chi connectivity index (χ1) is 12.6. The number of likely N-dealkylation sites (tertiary alicyclic amines) is 1. The van der Waals surface area contributed by atoms with Gasteiger partial charge in [0.2, 0.25) is 5.91 Å². The fraction of sp³-hybridized carbons (Fsp3) is 0.278. The second-order valence-corrected chi connectivity index (χ2v) is 6.85. The van der Waals surface area contributed by atoms with Gasteiger partial charge in [0, 0.05) is 17.6 Å². The molecular formula is C18H18BrN3O4. The van der Waals surface area contributed by atoms with Crippen molar-refractivity contribution in [3.8, 4) is 0 Å². The zero-order chi connectivity index (χ0) is 18.5. The fourth-order valence-corrected chi connectivity index (χ4v) is 3.33. The molecule has 2 N–H and O–H groups in total. The van der Waals surface area contributed by atoms with E-state index in [-0.39, 0.29) is 30.0 Å². The summed E-state index contributed by atoms with van der Waals surface area (Å²) >= 11 is 3.30. The summed E-state index contributed by atoms with van der Waals surface area (Å²) in [5.74, 6) is -1.09. The number of furan rings is 1. The molecule has 2 aromatic rings. The zero-order valence-corrected chi connectivity index (χ0v) is 15.5. The van der Waals surface area contributed by atoms with Crippen LogP contribution in [0.25, 0.3) is 0 Å². The molecule has 1 unspecified atom stereocenters. The Balaban J connectivity index is 1.55. The third-order valence-corrected chi connectivity index (χ3v) is 4.92. The van der Waals surface area contributed by atoms with E-state index >= 15 is 0 Å². The number of hydrazine groups is 1. The van der Waals surface area contributed by atoms with Crippen LogP contribution in [0.5, 0.6) is 0 Å². The van der Waals surface area contributed by atoms with Crippen LogP contribution >= 0.6 is 15.9 Å². The Morgan fingerprint density at radius 3 is 2.65 bits per heavy atom. The summed E-state index contributed by atoms with van der Waals surface area (Å²) in [7, 11) is 0. The molecule has 1 aromatic carbocycles. The predicted molar refractivity (Wildman–Crippen MR) is 97.1 cm³/mol. The highest BCUT2D eigenvalue weighted by molar-refractivity contribution is 9.10. The molecule has 26 heavy (non-hydrogen) atoms. The van der Waals surface area contributed by atoms with Crippen LogP contribution in [0.2, 0.25) is 0 Å². The largest absolute Gasteiger partial charge is 0.459 e. The van der Waals surface area contributed by atoms with Gasteiger partial charge in [-0.15, -0.1) is 0 Å². The van der Waals surface area contributed by atoms with E-state index in [1.54, 1.807) is 41.3 Å². The lowest BCUT2D eigenvalue weighted by atomic mass is 9.97. The molecule has 2 heterocycles. The Labute approximate surface area is 158 Å². The number of rotatable bonds is 3. The summed E-state index contributed by atoms with van der Waals surface area (Å²) in [6, 6.07) is 10.2. The topological polar surface area (TPSA) is 91.7 Å². The number of halogens is 1. The molecule has 3 amide bonds. The Morgan fingerprint density at radius 1 is 1.12 bits per heavy atom. The van der Waals surface area contributed by atoms with Crippen molar-refractivity contribution in [1.82, 2.24) is 15.8 Å². The number of benzene rings is 1. The normalized spacial score (nSPS) is 16.8. The van der Waals surface area contributed by atoms with Crippen LogP contribution in [0.1, 0.15) is 33.8 Å². The van der Waals surface area contributed by atoms with Crippen molar-refractivity contribution >= 4 is 33.7 Å². The molecule has 1 aliphatic heterocycles. The minimum Gasteiger partial charge on any atom is -0.459 e. The van der Waals surface area contributed by atoms with Crippen molar-refractivity contribution in [3.05, 3.63) is 58.5 Å². The van der Waals surface area contributed by atoms with Crippen LogP contribution in [-0.2, 0) is 4.79 Å². The fourth-order valence-electron chi connectivity index (χ4n) is 2.86. The molecule has 1 fully saturated rings. The van der Waals surface area contributed by atoms with E-state index < -0.39 is 5.91 Å². The Morgan fingerprint density at radius 2 is 1.92 bits per heavy atom. The highest BCUT2D eigenvalue weighted by atomic mass is 79.9. The summed E-state index contributed by atoms with van der Waals surface area (Å²) in [4.78, 5) is 38.5. The van der Waals surface area contributed by atoms with E-state index in [1.807, 2.05) is 0 Å². The molecule has 0 aliphatic carbocycles. The molecule has 0 radical (unpaired) electrons. The molecule has 3 rings (SSSR count). The van der Waals surface area contributed by atoms with Crippen LogP contribution in [0.4, 0.5) is 0 Å². The van der Waals surface area contributed by atoms with Gasteiger partial charge in [0.25, 0.3) is 11.8 Å². The number of amides is 3. The van der Waals surface area contributed by atoms with Gasteiger partial charge in [-0.2, -0.15) is 0 Å². The number of hydrogen-bond acceptors (Lipinski definition) is 4. The van der Waals surface area contributed by atoms with Crippen molar-refractivity contribution in [1.29, 1.82) is 0 Å². The minimum atomic E-state index is -0.412. The van der Waals surface area contributed by atoms with Crippen molar-refractivity contribution < 1.29 is 18.8 Å². The van der Waals surface area contributed by atoms with Gasteiger partial charge < -0.3 is 9.32 Å². The predicted octanol–water partition coefficient (Wildman–Crippen LogP) is 2.36. The zero-order valence-electron chi connectivity index (χ0n) is 13.9. The lowest BCUT2D eigenvalue weighted by molar-refractivity contribution is -0.127. The van der Waals surface area contributed by atoms with Gasteiger partial charge in [-0.3, -0.25) is 25.2 Å². The molecule has 8 heteroatoms. The number of piperidine rings is 1. The molecular weight excluding hydrogens is 402 g/mol. The first-order valence-electron chi connectivity index (χ1n) is 8.24. The molecule has 1 aliphatic rings. The van der Waals surface area contributed by atoms with Crippen LogP contribution in [0.15, 0.2) is 51.6 Å². The highest BCUT2D eigenvalue weighted by Gasteiger charge is 2.30. The molecule has 1 atom stereocenters. The maximum atomic E-state index is 12.4. The van der Waals surface area contributed by atoms with Crippen LogP contribution in [0.3, 0.4) is 0 Å². The van der Waals surface area contributed by atoms with Gasteiger partial charge in [-0.25, -0.2) is 0 Å². The van der Waals surface area contributed by atoms with Crippen molar-refractivity contribution in [2.45, 2.75) is 12.8 Å². The Bertz CT molecular complexity index is 807. The van der Waals surface area contributed by atoms with E-state index in [0.717, 1.165) is 0 Å². The number of nitrogens with zero attached hydrogens (tertiary/aromatic N) is 1. The number of nitrogens with one attached hydrogen (secondary N) is 2.